The minimum atomic E-state index is -0.851. The molecule has 0 saturated heterocycles. The molecule has 0 spiro atoms. The Kier molecular flexibility index (Phi) is 17.0. The average molecular weight is 633 g/mol. The Hall–Kier alpha value is -3.87. The summed E-state index contributed by atoms with van der Waals surface area (Å²) in [5.41, 5.74) is 14.4. The molecule has 1 aromatic rings. The molecule has 2 atom stereocenters. The molecule has 45 heavy (non-hydrogen) atoms. The molecule has 0 aliphatic heterocycles. The second-order valence-electron chi connectivity index (χ2n) is 12.5. The summed E-state index contributed by atoms with van der Waals surface area (Å²) < 4.78 is 11.0. The number of hydrogen-bond acceptors (Lipinski definition) is 8. The van der Waals surface area contributed by atoms with Gasteiger partial charge in [0.05, 0.1) is 5.60 Å². The van der Waals surface area contributed by atoms with Crippen molar-refractivity contribution < 1.29 is 28.7 Å². The zero-order chi connectivity index (χ0) is 34.0. The van der Waals surface area contributed by atoms with E-state index in [1.165, 1.54) is 7.05 Å². The quantitative estimate of drug-likeness (QED) is 0.0608. The van der Waals surface area contributed by atoms with Crippen molar-refractivity contribution in [3.05, 3.63) is 40.3 Å². The van der Waals surface area contributed by atoms with E-state index in [9.17, 15) is 19.2 Å². The van der Waals surface area contributed by atoms with E-state index in [1.54, 1.807) is 24.3 Å². The Morgan fingerprint density at radius 1 is 1.00 bits per heavy atom. The molecule has 6 N–H and O–H groups in total. The summed E-state index contributed by atoms with van der Waals surface area (Å²) in [5.74, 6) is -1.40. The predicted molar refractivity (Wildman–Crippen MR) is 173 cm³/mol. The Morgan fingerprint density at radius 3 is 2.24 bits per heavy atom. The fourth-order valence-electron chi connectivity index (χ4n) is 4.17. The SMILES string of the molecule is CNC(=O)OCc1ccc(NC(=O)[C@H](CCCCN)NC(=O)[C@@H](NC(=O)CCC(C)(C)OCCC(C)(C)N=[N+]=[N-])C(C)C)cc1. The van der Waals surface area contributed by atoms with Crippen molar-refractivity contribution in [2.45, 2.75) is 110 Å². The maximum absolute atomic E-state index is 13.4. The summed E-state index contributed by atoms with van der Waals surface area (Å²) in [7, 11) is 1.47. The van der Waals surface area contributed by atoms with Crippen LogP contribution < -0.4 is 27.0 Å². The third-order valence-corrected chi connectivity index (χ3v) is 7.12. The van der Waals surface area contributed by atoms with Crippen molar-refractivity contribution in [1.82, 2.24) is 16.0 Å². The van der Waals surface area contributed by atoms with Crippen molar-refractivity contribution in [1.29, 1.82) is 0 Å². The van der Waals surface area contributed by atoms with E-state index >= 15 is 0 Å². The van der Waals surface area contributed by atoms with Crippen LogP contribution in [0.1, 0.15) is 85.6 Å². The van der Waals surface area contributed by atoms with Gasteiger partial charge in [0, 0.05) is 36.2 Å². The van der Waals surface area contributed by atoms with Gasteiger partial charge in [-0.25, -0.2) is 4.79 Å². The van der Waals surface area contributed by atoms with E-state index in [0.29, 0.717) is 50.9 Å². The second kappa shape index (κ2) is 19.5. The Morgan fingerprint density at radius 2 is 1.67 bits per heavy atom. The van der Waals surface area contributed by atoms with Gasteiger partial charge in [-0.05, 0) is 81.6 Å². The van der Waals surface area contributed by atoms with Gasteiger partial charge in [0.15, 0.2) is 0 Å². The summed E-state index contributed by atoms with van der Waals surface area (Å²) in [6, 6.07) is 5.12. The summed E-state index contributed by atoms with van der Waals surface area (Å²) >= 11 is 0. The molecule has 14 nitrogen and oxygen atoms in total. The monoisotopic (exact) mass is 632 g/mol. The lowest BCUT2D eigenvalue weighted by Crippen LogP contribution is -2.54. The number of azide groups is 1. The highest BCUT2D eigenvalue weighted by molar-refractivity contribution is 5.98. The van der Waals surface area contributed by atoms with Gasteiger partial charge < -0.3 is 36.5 Å². The van der Waals surface area contributed by atoms with Crippen LogP contribution in [0, 0.1) is 5.92 Å². The zero-order valence-corrected chi connectivity index (χ0v) is 27.8. The van der Waals surface area contributed by atoms with E-state index in [1.807, 2.05) is 41.5 Å². The van der Waals surface area contributed by atoms with E-state index in [2.05, 4.69) is 31.3 Å². The average Bonchev–Trinajstić information content (AvgIpc) is 2.97. The first-order valence-corrected chi connectivity index (χ1v) is 15.4. The minimum absolute atomic E-state index is 0.0791. The number of ether oxygens (including phenoxy) is 2. The summed E-state index contributed by atoms with van der Waals surface area (Å²) in [5, 5.41) is 14.6. The maximum atomic E-state index is 13.4. The molecule has 252 valence electrons. The van der Waals surface area contributed by atoms with Gasteiger partial charge in [-0.15, -0.1) is 0 Å². The van der Waals surface area contributed by atoms with Gasteiger partial charge in [-0.1, -0.05) is 44.9 Å². The Bertz CT molecular complexity index is 1150. The lowest BCUT2D eigenvalue weighted by atomic mass is 9.99. The van der Waals surface area contributed by atoms with Crippen molar-refractivity contribution in [2.75, 3.05) is 25.5 Å². The molecule has 0 fully saturated rings. The van der Waals surface area contributed by atoms with Crippen LogP contribution in [-0.2, 0) is 30.5 Å². The normalized spacial score (nSPS) is 12.8. The molecular weight excluding hydrogens is 580 g/mol. The van der Waals surface area contributed by atoms with Gasteiger partial charge in [0.25, 0.3) is 0 Å². The van der Waals surface area contributed by atoms with Crippen LogP contribution in [0.15, 0.2) is 29.4 Å². The molecule has 0 bridgehead atoms. The highest BCUT2D eigenvalue weighted by Crippen LogP contribution is 2.21. The lowest BCUT2D eigenvalue weighted by Gasteiger charge is -2.28. The Balaban J connectivity index is 2.80. The number of carbonyl (C=O) groups is 4. The first-order chi connectivity index (χ1) is 21.1. The van der Waals surface area contributed by atoms with Gasteiger partial charge in [0.2, 0.25) is 17.7 Å². The largest absolute Gasteiger partial charge is 0.445 e. The standard InChI is InChI=1S/C31H52N8O6/c1-21(2)26(37-25(40)15-16-31(5,6)45-19-17-30(3,4)38-39-33)28(42)36-24(10-8-9-18-32)27(41)35-23-13-11-22(12-14-23)20-44-29(43)34-7/h11-14,21,24,26H,8-10,15-20,32H2,1-7H3,(H,34,43)(H,35,41)(H,36,42)(H,37,40)/t24-,26-/m0/s1. The smallest absolute Gasteiger partial charge is 0.407 e. The van der Waals surface area contributed by atoms with Crippen molar-refractivity contribution >= 4 is 29.5 Å². The molecule has 0 aromatic heterocycles. The summed E-state index contributed by atoms with van der Waals surface area (Å²) in [4.78, 5) is 53.7. The third-order valence-electron chi connectivity index (χ3n) is 7.12. The Labute approximate surface area is 266 Å². The first kappa shape index (κ1) is 39.2. The molecule has 0 radical (unpaired) electrons. The van der Waals surface area contributed by atoms with Crippen molar-refractivity contribution in [3.8, 4) is 0 Å². The first-order valence-electron chi connectivity index (χ1n) is 15.4. The van der Waals surface area contributed by atoms with E-state index in [0.717, 1.165) is 5.56 Å². The van der Waals surface area contributed by atoms with Crippen LogP contribution in [0.2, 0.25) is 0 Å². The molecule has 0 unspecified atom stereocenters. The van der Waals surface area contributed by atoms with Gasteiger partial charge in [-0.3, -0.25) is 14.4 Å². The van der Waals surface area contributed by atoms with E-state index < -0.39 is 41.1 Å². The number of nitrogens with zero attached hydrogens (tertiary/aromatic N) is 3. The van der Waals surface area contributed by atoms with Crippen LogP contribution in [0.5, 0.6) is 0 Å². The summed E-state index contributed by atoms with van der Waals surface area (Å²) in [6.07, 6.45) is 2.21. The maximum Gasteiger partial charge on any atom is 0.407 e. The number of anilines is 1. The van der Waals surface area contributed by atoms with Gasteiger partial charge in [0.1, 0.15) is 18.7 Å². The second-order valence-corrected chi connectivity index (χ2v) is 12.5. The minimum Gasteiger partial charge on any atom is -0.445 e. The predicted octanol–water partition coefficient (Wildman–Crippen LogP) is 4.29. The molecule has 0 aliphatic carbocycles. The molecule has 4 amide bonds. The summed E-state index contributed by atoms with van der Waals surface area (Å²) in [6.45, 7) is 11.9. The van der Waals surface area contributed by atoms with Crippen molar-refractivity contribution in [3.63, 3.8) is 0 Å². The third kappa shape index (κ3) is 16.1. The molecule has 14 heteroatoms. The number of alkyl carbamates (subject to hydrolysis) is 1. The number of rotatable bonds is 20. The number of unbranched alkanes of at least 4 members (excludes halogenated alkanes) is 1. The number of benzene rings is 1. The highest BCUT2D eigenvalue weighted by Gasteiger charge is 2.30. The molecular formula is C31H52N8O6. The molecule has 0 heterocycles. The number of hydrogen-bond donors (Lipinski definition) is 5. The van der Waals surface area contributed by atoms with Crippen LogP contribution >= 0.6 is 0 Å². The van der Waals surface area contributed by atoms with Gasteiger partial charge >= 0.3 is 6.09 Å². The molecule has 1 rings (SSSR count). The fraction of sp³-hybridized carbons (Fsp3) is 0.677. The van der Waals surface area contributed by atoms with Crippen LogP contribution in [0.25, 0.3) is 10.4 Å². The number of amides is 4. The van der Waals surface area contributed by atoms with E-state index in [-0.39, 0.29) is 24.9 Å². The lowest BCUT2D eigenvalue weighted by molar-refractivity contribution is -0.132. The topological polar surface area (TPSA) is 210 Å². The highest BCUT2D eigenvalue weighted by atomic mass is 16.5. The van der Waals surface area contributed by atoms with Crippen LogP contribution in [-0.4, -0.2) is 67.2 Å². The number of nitrogens with one attached hydrogen (secondary N) is 4. The molecule has 1 aromatic carbocycles. The van der Waals surface area contributed by atoms with E-state index in [4.69, 9.17) is 20.7 Å². The fourth-order valence-corrected chi connectivity index (χ4v) is 4.17. The zero-order valence-electron chi connectivity index (χ0n) is 27.8. The van der Waals surface area contributed by atoms with Gasteiger partial charge in [-0.2, -0.15) is 0 Å². The van der Waals surface area contributed by atoms with Crippen LogP contribution in [0.4, 0.5) is 10.5 Å². The van der Waals surface area contributed by atoms with Crippen LogP contribution in [0.3, 0.4) is 0 Å². The molecule has 0 aliphatic rings. The molecule has 0 saturated carbocycles. The van der Waals surface area contributed by atoms with Crippen molar-refractivity contribution in [2.24, 2.45) is 16.8 Å². The number of carbonyl (C=O) groups excluding carboxylic acids is 4. The number of nitrogens with two attached hydrogens (primary N) is 1.